The lowest BCUT2D eigenvalue weighted by Crippen LogP contribution is -1.68. The third kappa shape index (κ3) is 0.973. The number of nitrogens with one attached hydrogen (secondary N) is 1. The van der Waals surface area contributed by atoms with E-state index in [1.165, 1.54) is 11.3 Å². The van der Waals surface area contributed by atoms with Gasteiger partial charge in [-0.1, -0.05) is 0 Å². The number of aromatic amines is 1. The summed E-state index contributed by atoms with van der Waals surface area (Å²) in [6.45, 7) is 2.01. The maximum Gasteiger partial charge on any atom is 0.160 e. The summed E-state index contributed by atoms with van der Waals surface area (Å²) in [7, 11) is 0. The standard InChI is InChI=1S/C8H7NOS/c1-5-2-8-7(9-5)3-6(4-10)11-8/h2-4,9H,1H3. The van der Waals surface area contributed by atoms with Gasteiger partial charge in [-0.2, -0.15) is 0 Å². The number of thiophene rings is 1. The highest BCUT2D eigenvalue weighted by molar-refractivity contribution is 7.20. The highest BCUT2D eigenvalue weighted by atomic mass is 32.1. The fraction of sp³-hybridized carbons (Fsp3) is 0.125. The molecule has 0 aliphatic carbocycles. The molecule has 0 radical (unpaired) electrons. The largest absolute Gasteiger partial charge is 0.358 e. The van der Waals surface area contributed by atoms with Crippen LogP contribution in [0.3, 0.4) is 0 Å². The number of H-pyrrole nitrogens is 1. The first-order chi connectivity index (χ1) is 5.29. The van der Waals surface area contributed by atoms with Gasteiger partial charge in [0.2, 0.25) is 0 Å². The van der Waals surface area contributed by atoms with Gasteiger partial charge in [-0.3, -0.25) is 4.79 Å². The summed E-state index contributed by atoms with van der Waals surface area (Å²) in [5.41, 5.74) is 2.21. The molecule has 0 spiro atoms. The first-order valence-electron chi connectivity index (χ1n) is 3.34. The van der Waals surface area contributed by atoms with E-state index in [0.29, 0.717) is 0 Å². The van der Waals surface area contributed by atoms with Crippen molar-refractivity contribution in [2.75, 3.05) is 0 Å². The fourth-order valence-electron chi connectivity index (χ4n) is 1.13. The first-order valence-corrected chi connectivity index (χ1v) is 4.15. The van der Waals surface area contributed by atoms with E-state index in [0.717, 1.165) is 27.1 Å². The number of aromatic nitrogens is 1. The Kier molecular flexibility index (Phi) is 1.32. The topological polar surface area (TPSA) is 32.9 Å². The molecule has 0 aliphatic heterocycles. The fourth-order valence-corrected chi connectivity index (χ4v) is 2.07. The number of aldehydes is 1. The number of rotatable bonds is 1. The molecule has 2 nitrogen and oxygen atoms in total. The normalized spacial score (nSPS) is 10.6. The van der Waals surface area contributed by atoms with Crippen LogP contribution in [0.4, 0.5) is 0 Å². The Labute approximate surface area is 67.9 Å². The molecule has 0 unspecified atom stereocenters. The predicted octanol–water partition coefficient (Wildman–Crippen LogP) is 2.35. The Hall–Kier alpha value is -1.09. The predicted molar refractivity (Wildman–Crippen MR) is 46.3 cm³/mol. The number of carbonyl (C=O) groups excluding carboxylic acids is 1. The van der Waals surface area contributed by atoms with Gasteiger partial charge in [-0.05, 0) is 19.1 Å². The molecular weight excluding hydrogens is 158 g/mol. The van der Waals surface area contributed by atoms with Crippen LogP contribution in [-0.2, 0) is 0 Å². The van der Waals surface area contributed by atoms with Gasteiger partial charge in [0.05, 0.1) is 15.1 Å². The van der Waals surface area contributed by atoms with E-state index >= 15 is 0 Å². The van der Waals surface area contributed by atoms with E-state index < -0.39 is 0 Å². The summed E-state index contributed by atoms with van der Waals surface area (Å²) in [6.07, 6.45) is 0.883. The number of fused-ring (bicyclic) bond motifs is 1. The Balaban J connectivity index is 2.72. The third-order valence-electron chi connectivity index (χ3n) is 1.58. The van der Waals surface area contributed by atoms with E-state index in [4.69, 9.17) is 0 Å². The van der Waals surface area contributed by atoms with Gasteiger partial charge in [-0.25, -0.2) is 0 Å². The van der Waals surface area contributed by atoms with Crippen LogP contribution in [0.2, 0.25) is 0 Å². The van der Waals surface area contributed by atoms with Crippen LogP contribution < -0.4 is 0 Å². The van der Waals surface area contributed by atoms with Crippen molar-refractivity contribution in [3.05, 3.63) is 22.7 Å². The summed E-state index contributed by atoms with van der Waals surface area (Å²) >= 11 is 1.52. The van der Waals surface area contributed by atoms with E-state index in [-0.39, 0.29) is 0 Å². The van der Waals surface area contributed by atoms with Gasteiger partial charge >= 0.3 is 0 Å². The van der Waals surface area contributed by atoms with Gasteiger partial charge in [-0.15, -0.1) is 11.3 Å². The molecule has 2 aromatic heterocycles. The molecule has 2 rings (SSSR count). The van der Waals surface area contributed by atoms with Crippen LogP contribution in [0.5, 0.6) is 0 Å². The lowest BCUT2D eigenvalue weighted by Gasteiger charge is -1.77. The number of aryl methyl sites for hydroxylation is 1. The van der Waals surface area contributed by atoms with Gasteiger partial charge < -0.3 is 4.98 Å². The number of carbonyl (C=O) groups is 1. The van der Waals surface area contributed by atoms with Gasteiger partial charge in [0.25, 0.3) is 0 Å². The zero-order chi connectivity index (χ0) is 7.84. The maximum atomic E-state index is 10.4. The molecule has 0 saturated heterocycles. The molecule has 0 amide bonds. The van der Waals surface area contributed by atoms with Crippen LogP contribution >= 0.6 is 11.3 Å². The summed E-state index contributed by atoms with van der Waals surface area (Å²) in [6, 6.07) is 3.92. The summed E-state index contributed by atoms with van der Waals surface area (Å²) in [4.78, 5) is 14.3. The minimum atomic E-state index is 0.784. The second kappa shape index (κ2) is 2.20. The van der Waals surface area contributed by atoms with Crippen molar-refractivity contribution in [3.8, 4) is 0 Å². The van der Waals surface area contributed by atoms with Gasteiger partial charge in [0, 0.05) is 5.69 Å². The Bertz CT molecular complexity index is 368. The molecule has 11 heavy (non-hydrogen) atoms. The molecule has 0 fully saturated rings. The van der Waals surface area contributed by atoms with Gasteiger partial charge in [0.1, 0.15) is 0 Å². The summed E-state index contributed by atoms with van der Waals surface area (Å²) in [5.74, 6) is 0. The molecule has 0 bridgehead atoms. The average Bonchev–Trinajstić information content (AvgIpc) is 2.43. The molecule has 3 heteroatoms. The molecule has 0 saturated carbocycles. The molecule has 0 aliphatic rings. The van der Waals surface area contributed by atoms with Crippen molar-refractivity contribution in [2.45, 2.75) is 6.92 Å². The third-order valence-corrected chi connectivity index (χ3v) is 2.58. The van der Waals surface area contributed by atoms with E-state index in [9.17, 15) is 4.79 Å². The van der Waals surface area contributed by atoms with Crippen molar-refractivity contribution in [1.29, 1.82) is 0 Å². The van der Waals surface area contributed by atoms with Crippen molar-refractivity contribution < 1.29 is 4.79 Å². The molecule has 0 aromatic carbocycles. The lowest BCUT2D eigenvalue weighted by atomic mass is 10.4. The van der Waals surface area contributed by atoms with Crippen molar-refractivity contribution >= 4 is 27.8 Å². The summed E-state index contributed by atoms with van der Waals surface area (Å²) in [5, 5.41) is 0. The molecule has 1 N–H and O–H groups in total. The molecule has 2 aromatic rings. The Morgan fingerprint density at radius 3 is 3.00 bits per heavy atom. The van der Waals surface area contributed by atoms with E-state index in [2.05, 4.69) is 4.98 Å². The second-order valence-electron chi connectivity index (χ2n) is 2.50. The monoisotopic (exact) mass is 165 g/mol. The minimum Gasteiger partial charge on any atom is -0.358 e. The highest BCUT2D eigenvalue weighted by Crippen LogP contribution is 2.24. The van der Waals surface area contributed by atoms with Crippen molar-refractivity contribution in [2.24, 2.45) is 0 Å². The van der Waals surface area contributed by atoms with Gasteiger partial charge in [0.15, 0.2) is 6.29 Å². The molecule has 0 atom stereocenters. The zero-order valence-electron chi connectivity index (χ0n) is 6.05. The van der Waals surface area contributed by atoms with Crippen LogP contribution in [0.25, 0.3) is 10.2 Å². The summed E-state index contributed by atoms with van der Waals surface area (Å²) < 4.78 is 1.16. The lowest BCUT2D eigenvalue weighted by molar-refractivity contribution is 0.112. The highest BCUT2D eigenvalue weighted by Gasteiger charge is 2.01. The van der Waals surface area contributed by atoms with Crippen LogP contribution in [-0.4, -0.2) is 11.3 Å². The van der Waals surface area contributed by atoms with Crippen LogP contribution in [0.15, 0.2) is 12.1 Å². The zero-order valence-corrected chi connectivity index (χ0v) is 6.87. The quantitative estimate of drug-likeness (QED) is 0.646. The maximum absolute atomic E-state index is 10.4. The Morgan fingerprint density at radius 1 is 1.55 bits per heavy atom. The van der Waals surface area contributed by atoms with Crippen molar-refractivity contribution in [1.82, 2.24) is 4.98 Å². The number of hydrogen-bond donors (Lipinski definition) is 1. The first kappa shape index (κ1) is 6.61. The molecule has 56 valence electrons. The Morgan fingerprint density at radius 2 is 2.36 bits per heavy atom. The van der Waals surface area contributed by atoms with E-state index in [1.807, 2.05) is 19.1 Å². The van der Waals surface area contributed by atoms with Crippen molar-refractivity contribution in [3.63, 3.8) is 0 Å². The smallest absolute Gasteiger partial charge is 0.160 e. The second-order valence-corrected chi connectivity index (χ2v) is 3.61. The van der Waals surface area contributed by atoms with Crippen LogP contribution in [0, 0.1) is 6.92 Å². The van der Waals surface area contributed by atoms with E-state index in [1.54, 1.807) is 0 Å². The SMILES string of the molecule is Cc1cc2sc(C=O)cc2[nH]1. The number of hydrogen-bond acceptors (Lipinski definition) is 2. The average molecular weight is 165 g/mol. The van der Waals surface area contributed by atoms with Crippen LogP contribution in [0.1, 0.15) is 15.4 Å². The minimum absolute atomic E-state index is 0.784. The molecular formula is C8H7NOS. The molecule has 2 heterocycles.